The fourth-order valence-corrected chi connectivity index (χ4v) is 1.10. The molecule has 0 spiro atoms. The van der Waals surface area contributed by atoms with Gasteiger partial charge in [-0.2, -0.15) is 0 Å². The van der Waals surface area contributed by atoms with E-state index in [2.05, 4.69) is 6.58 Å². The number of phenolic OH excluding ortho intramolecular Hbond substituents is 1. The highest BCUT2D eigenvalue weighted by atomic mass is 16.3. The van der Waals surface area contributed by atoms with Gasteiger partial charge in [0.2, 0.25) is 0 Å². The highest BCUT2D eigenvalue weighted by Crippen LogP contribution is 2.22. The maximum atomic E-state index is 9.47. The van der Waals surface area contributed by atoms with Crippen LogP contribution in [0.25, 0.3) is 11.8 Å². The molecule has 0 bridgehead atoms. The fraction of sp³-hybridized carbons (Fsp3) is 0.0909. The van der Waals surface area contributed by atoms with Crippen molar-refractivity contribution in [2.24, 2.45) is 0 Å². The summed E-state index contributed by atoms with van der Waals surface area (Å²) < 4.78 is 0. The van der Waals surface area contributed by atoms with Crippen LogP contribution in [0.1, 0.15) is 18.1 Å². The summed E-state index contributed by atoms with van der Waals surface area (Å²) in [6, 6.07) is 4.77. The molecular formula is C11H12O2. The van der Waals surface area contributed by atoms with E-state index in [9.17, 15) is 10.2 Å². The number of phenols is 1. The highest BCUT2D eigenvalue weighted by Gasteiger charge is 2.03. The minimum atomic E-state index is 0.133. The van der Waals surface area contributed by atoms with Crippen molar-refractivity contribution in [3.05, 3.63) is 42.0 Å². The zero-order valence-corrected chi connectivity index (χ0v) is 7.49. The van der Waals surface area contributed by atoms with E-state index in [0.29, 0.717) is 5.56 Å². The summed E-state index contributed by atoms with van der Waals surface area (Å²) in [6.07, 6.45) is 3.20. The van der Waals surface area contributed by atoms with Crippen LogP contribution in [-0.4, -0.2) is 10.2 Å². The standard InChI is InChI=1S/C11H12O2/c1-3-8-5-6-9(12)7-10(8)11(13)4-2/h3-7,12-13H,1H2,2H3/b11-4+. The number of allylic oxidation sites excluding steroid dienone is 1. The zero-order valence-electron chi connectivity index (χ0n) is 7.49. The fourth-order valence-electron chi connectivity index (χ4n) is 1.10. The van der Waals surface area contributed by atoms with E-state index in [1.54, 1.807) is 31.2 Å². The lowest BCUT2D eigenvalue weighted by Gasteiger charge is -2.05. The summed E-state index contributed by atoms with van der Waals surface area (Å²) in [5, 5.41) is 18.7. The molecule has 1 rings (SSSR count). The van der Waals surface area contributed by atoms with Crippen LogP contribution >= 0.6 is 0 Å². The second-order valence-corrected chi connectivity index (χ2v) is 2.65. The van der Waals surface area contributed by atoms with Crippen molar-refractivity contribution in [2.75, 3.05) is 0 Å². The van der Waals surface area contributed by atoms with Crippen LogP contribution in [0.2, 0.25) is 0 Å². The lowest BCUT2D eigenvalue weighted by Crippen LogP contribution is -1.86. The Balaban J connectivity index is 3.31. The predicted octanol–water partition coefficient (Wildman–Crippen LogP) is 2.95. The summed E-state index contributed by atoms with van der Waals surface area (Å²) in [6.45, 7) is 5.35. The quantitative estimate of drug-likeness (QED) is 0.680. The van der Waals surface area contributed by atoms with Crippen molar-refractivity contribution in [3.8, 4) is 5.75 Å². The average Bonchev–Trinajstić information content (AvgIpc) is 2.16. The van der Waals surface area contributed by atoms with Gasteiger partial charge < -0.3 is 10.2 Å². The van der Waals surface area contributed by atoms with E-state index >= 15 is 0 Å². The molecule has 0 atom stereocenters. The molecule has 13 heavy (non-hydrogen) atoms. The van der Waals surface area contributed by atoms with Crippen LogP contribution in [0.4, 0.5) is 0 Å². The number of hydrogen-bond acceptors (Lipinski definition) is 2. The van der Waals surface area contributed by atoms with E-state index in [1.807, 2.05) is 0 Å². The Hall–Kier alpha value is -1.70. The second kappa shape index (κ2) is 3.81. The molecule has 0 unspecified atom stereocenters. The predicted molar refractivity (Wildman–Crippen MR) is 54.5 cm³/mol. The Labute approximate surface area is 77.5 Å². The molecule has 2 N–H and O–H groups in total. The molecule has 68 valence electrons. The summed E-state index contributed by atoms with van der Waals surface area (Å²) in [7, 11) is 0. The first-order chi connectivity index (χ1) is 6.19. The minimum absolute atomic E-state index is 0.133. The molecule has 0 aliphatic carbocycles. The molecule has 0 aliphatic heterocycles. The van der Waals surface area contributed by atoms with Crippen LogP contribution in [0.15, 0.2) is 30.9 Å². The summed E-state index contributed by atoms with van der Waals surface area (Å²) in [4.78, 5) is 0. The van der Waals surface area contributed by atoms with Gasteiger partial charge in [-0.25, -0.2) is 0 Å². The van der Waals surface area contributed by atoms with Gasteiger partial charge in [0.05, 0.1) is 0 Å². The maximum Gasteiger partial charge on any atom is 0.119 e. The Morgan fingerprint density at radius 1 is 1.46 bits per heavy atom. The van der Waals surface area contributed by atoms with Gasteiger partial charge in [0, 0.05) is 5.56 Å². The van der Waals surface area contributed by atoms with Gasteiger partial charge in [-0.3, -0.25) is 0 Å². The maximum absolute atomic E-state index is 9.47. The smallest absolute Gasteiger partial charge is 0.119 e. The van der Waals surface area contributed by atoms with E-state index in [1.165, 1.54) is 6.07 Å². The Morgan fingerprint density at radius 3 is 2.69 bits per heavy atom. The molecule has 0 fully saturated rings. The number of benzene rings is 1. The molecule has 0 aromatic heterocycles. The van der Waals surface area contributed by atoms with Gasteiger partial charge >= 0.3 is 0 Å². The first-order valence-electron chi connectivity index (χ1n) is 4.00. The molecule has 1 aromatic carbocycles. The van der Waals surface area contributed by atoms with E-state index in [4.69, 9.17) is 0 Å². The SMILES string of the molecule is C=Cc1ccc(O)cc1/C(O)=C\C. The van der Waals surface area contributed by atoms with Crippen molar-refractivity contribution >= 4 is 11.8 Å². The van der Waals surface area contributed by atoms with E-state index in [-0.39, 0.29) is 11.5 Å². The minimum Gasteiger partial charge on any atom is -0.508 e. The van der Waals surface area contributed by atoms with Gasteiger partial charge in [-0.1, -0.05) is 18.7 Å². The third kappa shape index (κ3) is 1.90. The number of aromatic hydroxyl groups is 1. The largest absolute Gasteiger partial charge is 0.508 e. The molecule has 0 amide bonds. The van der Waals surface area contributed by atoms with Gasteiger partial charge in [-0.15, -0.1) is 0 Å². The second-order valence-electron chi connectivity index (χ2n) is 2.65. The molecule has 1 aromatic rings. The van der Waals surface area contributed by atoms with Crippen molar-refractivity contribution in [1.82, 2.24) is 0 Å². The Bertz CT molecular complexity index is 351. The highest BCUT2D eigenvalue weighted by molar-refractivity contribution is 5.70. The average molecular weight is 176 g/mol. The van der Waals surface area contributed by atoms with Gasteiger partial charge in [0.25, 0.3) is 0 Å². The van der Waals surface area contributed by atoms with Gasteiger partial charge in [0.1, 0.15) is 11.5 Å². The molecular weight excluding hydrogens is 164 g/mol. The third-order valence-corrected chi connectivity index (χ3v) is 1.81. The van der Waals surface area contributed by atoms with Crippen LogP contribution in [0.3, 0.4) is 0 Å². The number of aliphatic hydroxyl groups is 1. The van der Waals surface area contributed by atoms with Gasteiger partial charge in [0.15, 0.2) is 0 Å². The third-order valence-electron chi connectivity index (χ3n) is 1.81. The number of hydrogen-bond donors (Lipinski definition) is 2. The Morgan fingerprint density at radius 2 is 2.15 bits per heavy atom. The van der Waals surface area contributed by atoms with Crippen molar-refractivity contribution in [2.45, 2.75) is 6.92 Å². The number of aliphatic hydroxyl groups excluding tert-OH is 1. The molecule has 0 heterocycles. The van der Waals surface area contributed by atoms with Crippen LogP contribution < -0.4 is 0 Å². The van der Waals surface area contributed by atoms with Crippen LogP contribution in [0, 0.1) is 0 Å². The topological polar surface area (TPSA) is 40.5 Å². The van der Waals surface area contributed by atoms with Crippen molar-refractivity contribution in [3.63, 3.8) is 0 Å². The van der Waals surface area contributed by atoms with E-state index in [0.717, 1.165) is 5.56 Å². The first-order valence-corrected chi connectivity index (χ1v) is 4.00. The molecule has 2 heteroatoms. The molecule has 0 saturated carbocycles. The summed E-state index contributed by atoms with van der Waals surface area (Å²) in [5.41, 5.74) is 1.39. The molecule has 0 aliphatic rings. The molecule has 0 saturated heterocycles. The number of rotatable bonds is 2. The van der Waals surface area contributed by atoms with Crippen LogP contribution in [-0.2, 0) is 0 Å². The summed E-state index contributed by atoms with van der Waals surface area (Å²) in [5.74, 6) is 0.278. The monoisotopic (exact) mass is 176 g/mol. The molecule has 0 radical (unpaired) electrons. The van der Waals surface area contributed by atoms with Crippen molar-refractivity contribution in [1.29, 1.82) is 0 Å². The Kier molecular flexibility index (Phi) is 2.75. The first kappa shape index (κ1) is 9.39. The lowest BCUT2D eigenvalue weighted by atomic mass is 10.1. The van der Waals surface area contributed by atoms with Crippen LogP contribution in [0.5, 0.6) is 5.75 Å². The summed E-state index contributed by atoms with van der Waals surface area (Å²) >= 11 is 0. The molecule has 2 nitrogen and oxygen atoms in total. The lowest BCUT2D eigenvalue weighted by molar-refractivity contribution is 0.472. The van der Waals surface area contributed by atoms with Crippen molar-refractivity contribution < 1.29 is 10.2 Å². The normalized spacial score (nSPS) is 11.3. The van der Waals surface area contributed by atoms with E-state index < -0.39 is 0 Å². The van der Waals surface area contributed by atoms with Gasteiger partial charge in [-0.05, 0) is 30.7 Å². The zero-order chi connectivity index (χ0) is 9.84.